The van der Waals surface area contributed by atoms with Gasteiger partial charge in [-0.25, -0.2) is 9.37 Å². The summed E-state index contributed by atoms with van der Waals surface area (Å²) in [7, 11) is 1.59. The zero-order chi connectivity index (χ0) is 17.8. The Morgan fingerprint density at radius 2 is 2.04 bits per heavy atom. The number of ether oxygens (including phenoxy) is 2. The van der Waals surface area contributed by atoms with E-state index in [1.54, 1.807) is 48.9 Å². The Hall–Kier alpha value is -2.73. The van der Waals surface area contributed by atoms with Crippen molar-refractivity contribution < 1.29 is 13.9 Å². The van der Waals surface area contributed by atoms with Crippen molar-refractivity contribution in [2.45, 2.75) is 20.1 Å². The second-order valence-electron chi connectivity index (χ2n) is 5.71. The molecule has 0 aliphatic heterocycles. The number of nitrogens with zero attached hydrogens (tertiary/aromatic N) is 2. The van der Waals surface area contributed by atoms with E-state index in [4.69, 9.17) is 9.47 Å². The van der Waals surface area contributed by atoms with Crippen LogP contribution in [0, 0.1) is 12.7 Å². The van der Waals surface area contributed by atoms with Gasteiger partial charge in [-0.1, -0.05) is 12.1 Å². The van der Waals surface area contributed by atoms with Crippen molar-refractivity contribution in [3.63, 3.8) is 0 Å². The van der Waals surface area contributed by atoms with E-state index in [9.17, 15) is 9.18 Å². The van der Waals surface area contributed by atoms with Crippen LogP contribution < -0.4 is 10.3 Å². The molecule has 0 unspecified atom stereocenters. The van der Waals surface area contributed by atoms with Gasteiger partial charge in [0.05, 0.1) is 24.1 Å². The number of rotatable bonds is 6. The molecule has 3 rings (SSSR count). The lowest BCUT2D eigenvalue weighted by Crippen LogP contribution is -2.25. The predicted molar refractivity (Wildman–Crippen MR) is 93.3 cm³/mol. The van der Waals surface area contributed by atoms with Crippen molar-refractivity contribution in [3.8, 4) is 5.75 Å². The van der Waals surface area contributed by atoms with E-state index in [1.807, 2.05) is 0 Å². The molecule has 6 heteroatoms. The molecule has 130 valence electrons. The van der Waals surface area contributed by atoms with Gasteiger partial charge in [0.1, 0.15) is 24.0 Å². The first-order valence-corrected chi connectivity index (χ1v) is 7.96. The number of hydrogen-bond acceptors (Lipinski definition) is 4. The van der Waals surface area contributed by atoms with Crippen LogP contribution in [0.3, 0.4) is 0 Å². The minimum absolute atomic E-state index is 0.101. The summed E-state index contributed by atoms with van der Waals surface area (Å²) in [5.74, 6) is 0.906. The van der Waals surface area contributed by atoms with E-state index in [0.29, 0.717) is 35.6 Å². The molecule has 0 radical (unpaired) electrons. The summed E-state index contributed by atoms with van der Waals surface area (Å²) in [5.41, 5.74) is 1.21. The van der Waals surface area contributed by atoms with Crippen LogP contribution in [0.2, 0.25) is 0 Å². The van der Waals surface area contributed by atoms with Crippen LogP contribution >= 0.6 is 0 Å². The third kappa shape index (κ3) is 3.85. The van der Waals surface area contributed by atoms with Crippen LogP contribution in [0.1, 0.15) is 11.4 Å². The van der Waals surface area contributed by atoms with Gasteiger partial charge in [0.25, 0.3) is 5.56 Å². The molecule has 5 nitrogen and oxygen atoms in total. The molecule has 0 aliphatic rings. The number of hydrogen-bond donors (Lipinski definition) is 0. The molecule has 1 aromatic heterocycles. The number of methoxy groups -OCH3 is 1. The smallest absolute Gasteiger partial charge is 0.261 e. The Kier molecular flexibility index (Phi) is 5.09. The van der Waals surface area contributed by atoms with Gasteiger partial charge < -0.3 is 9.47 Å². The number of aromatic nitrogens is 2. The lowest BCUT2D eigenvalue weighted by molar-refractivity contribution is 0.185. The topological polar surface area (TPSA) is 53.4 Å². The summed E-state index contributed by atoms with van der Waals surface area (Å²) in [5, 5.41) is 0.528. The molecule has 0 saturated heterocycles. The summed E-state index contributed by atoms with van der Waals surface area (Å²) >= 11 is 0. The molecule has 0 N–H and O–H groups in total. The predicted octanol–water partition coefficient (Wildman–Crippen LogP) is 3.07. The summed E-state index contributed by atoms with van der Waals surface area (Å²) < 4.78 is 25.5. The number of aryl methyl sites for hydroxylation is 1. The molecule has 0 atom stereocenters. The molecule has 0 amide bonds. The van der Waals surface area contributed by atoms with Crippen LogP contribution in [-0.4, -0.2) is 23.3 Å². The molecule has 25 heavy (non-hydrogen) atoms. The van der Waals surface area contributed by atoms with E-state index < -0.39 is 0 Å². The Morgan fingerprint density at radius 1 is 1.20 bits per heavy atom. The van der Waals surface area contributed by atoms with Gasteiger partial charge in [-0.15, -0.1) is 0 Å². The molecule has 0 saturated carbocycles. The maximum Gasteiger partial charge on any atom is 0.261 e. The van der Waals surface area contributed by atoms with Crippen LogP contribution in [-0.2, 0) is 17.9 Å². The van der Waals surface area contributed by atoms with Crippen molar-refractivity contribution in [2.75, 3.05) is 13.7 Å². The quantitative estimate of drug-likeness (QED) is 0.691. The van der Waals surface area contributed by atoms with Crippen molar-refractivity contribution in [3.05, 3.63) is 70.0 Å². The van der Waals surface area contributed by atoms with Gasteiger partial charge in [0, 0.05) is 13.2 Å². The van der Waals surface area contributed by atoms with Gasteiger partial charge >= 0.3 is 0 Å². The molecule has 1 heterocycles. The van der Waals surface area contributed by atoms with Gasteiger partial charge in [-0.3, -0.25) is 9.36 Å². The zero-order valence-corrected chi connectivity index (χ0v) is 14.2. The SMILES string of the molecule is COCCn1c(C)nc2cc(OCc3cccc(F)c3)ccc2c1=O. The standard InChI is InChI=1S/C19H19FN2O3/c1-13-21-18-11-16(25-12-14-4-3-5-15(20)10-14)6-7-17(18)19(23)22(13)8-9-24-2/h3-7,10-11H,8-9,12H2,1-2H3. The minimum Gasteiger partial charge on any atom is -0.489 e. The molecule has 0 aliphatic carbocycles. The maximum absolute atomic E-state index is 13.2. The Bertz CT molecular complexity index is 953. The van der Waals surface area contributed by atoms with E-state index in [0.717, 1.165) is 5.56 Å². The third-order valence-electron chi connectivity index (χ3n) is 3.93. The van der Waals surface area contributed by atoms with E-state index in [2.05, 4.69) is 4.98 Å². The van der Waals surface area contributed by atoms with E-state index in [-0.39, 0.29) is 18.0 Å². The average molecular weight is 342 g/mol. The summed E-state index contributed by atoms with van der Waals surface area (Å²) in [6.07, 6.45) is 0. The molecule has 3 aromatic rings. The molecule has 2 aromatic carbocycles. The Balaban J connectivity index is 1.86. The highest BCUT2D eigenvalue weighted by Gasteiger charge is 2.09. The molecular formula is C19H19FN2O3. The monoisotopic (exact) mass is 342 g/mol. The fourth-order valence-electron chi connectivity index (χ4n) is 2.64. The Morgan fingerprint density at radius 3 is 2.80 bits per heavy atom. The summed E-state index contributed by atoms with van der Waals surface area (Å²) in [4.78, 5) is 17.1. The number of halogens is 1. The summed E-state index contributed by atoms with van der Waals surface area (Å²) in [6.45, 7) is 2.94. The first-order valence-electron chi connectivity index (χ1n) is 7.96. The van der Waals surface area contributed by atoms with E-state index >= 15 is 0 Å². The highest BCUT2D eigenvalue weighted by atomic mass is 19.1. The van der Waals surface area contributed by atoms with Gasteiger partial charge in [-0.2, -0.15) is 0 Å². The van der Waals surface area contributed by atoms with Gasteiger partial charge in [0.15, 0.2) is 0 Å². The lowest BCUT2D eigenvalue weighted by Gasteiger charge is -2.11. The van der Waals surface area contributed by atoms with Crippen LogP contribution in [0.5, 0.6) is 5.75 Å². The fraction of sp³-hybridized carbons (Fsp3) is 0.263. The van der Waals surface area contributed by atoms with Crippen molar-refractivity contribution >= 4 is 10.9 Å². The molecule has 0 bridgehead atoms. The van der Waals surface area contributed by atoms with Crippen molar-refractivity contribution in [1.82, 2.24) is 9.55 Å². The van der Waals surface area contributed by atoms with E-state index in [1.165, 1.54) is 12.1 Å². The minimum atomic E-state index is -0.298. The van der Waals surface area contributed by atoms with Crippen molar-refractivity contribution in [2.24, 2.45) is 0 Å². The number of benzene rings is 2. The van der Waals surface area contributed by atoms with Gasteiger partial charge in [-0.05, 0) is 36.8 Å². The largest absolute Gasteiger partial charge is 0.489 e. The maximum atomic E-state index is 13.2. The molecule has 0 fully saturated rings. The Labute approximate surface area is 144 Å². The van der Waals surface area contributed by atoms with Crippen molar-refractivity contribution in [1.29, 1.82) is 0 Å². The zero-order valence-electron chi connectivity index (χ0n) is 14.2. The van der Waals surface area contributed by atoms with Crippen LogP contribution in [0.25, 0.3) is 10.9 Å². The van der Waals surface area contributed by atoms with Crippen LogP contribution in [0.4, 0.5) is 4.39 Å². The van der Waals surface area contributed by atoms with Crippen LogP contribution in [0.15, 0.2) is 47.3 Å². The first kappa shape index (κ1) is 17.1. The average Bonchev–Trinajstić information content (AvgIpc) is 2.59. The highest BCUT2D eigenvalue weighted by molar-refractivity contribution is 5.79. The third-order valence-corrected chi connectivity index (χ3v) is 3.93. The first-order chi connectivity index (χ1) is 12.1. The molecular weight excluding hydrogens is 323 g/mol. The van der Waals surface area contributed by atoms with Gasteiger partial charge in [0.2, 0.25) is 0 Å². The fourth-order valence-corrected chi connectivity index (χ4v) is 2.64. The lowest BCUT2D eigenvalue weighted by atomic mass is 10.2. The number of fused-ring (bicyclic) bond motifs is 1. The second-order valence-corrected chi connectivity index (χ2v) is 5.71. The second kappa shape index (κ2) is 7.44. The molecule has 0 spiro atoms. The highest BCUT2D eigenvalue weighted by Crippen LogP contribution is 2.19. The normalized spacial score (nSPS) is 11.0. The summed E-state index contributed by atoms with van der Waals surface area (Å²) in [6, 6.07) is 11.4.